The lowest BCUT2D eigenvalue weighted by Gasteiger charge is -2.42. The molecule has 0 unspecified atom stereocenters. The molecule has 0 amide bonds. The van der Waals surface area contributed by atoms with Crippen molar-refractivity contribution in [2.45, 2.75) is 52.5 Å². The SMILES string of the molecule is O=S(=O)(Cl)c1ccc(-c2ccc(C(F)(F)C(F)(F)C(F)(F)C(F)(F)C(F)(F)C(F)(F)C(F)(F)C(F)(F)F)cc2)cc1. The van der Waals surface area contributed by atoms with Crippen molar-refractivity contribution < 1.29 is 83.1 Å². The van der Waals surface area contributed by atoms with Gasteiger partial charge in [0.1, 0.15) is 0 Å². The number of hydrogen-bond acceptors (Lipinski definition) is 2. The molecule has 0 fully saturated rings. The van der Waals surface area contributed by atoms with E-state index in [0.29, 0.717) is 12.1 Å². The Morgan fingerprint density at radius 2 is 0.732 bits per heavy atom. The smallest absolute Gasteiger partial charge is 0.207 e. The Hall–Kier alpha value is -2.51. The lowest BCUT2D eigenvalue weighted by atomic mass is 9.87. The zero-order valence-electron chi connectivity index (χ0n) is 18.6. The maximum absolute atomic E-state index is 14.4. The second kappa shape index (κ2) is 9.77. The van der Waals surface area contributed by atoms with E-state index in [1.165, 1.54) is 0 Å². The van der Waals surface area contributed by atoms with Crippen LogP contribution in [0.4, 0.5) is 74.6 Å². The van der Waals surface area contributed by atoms with Crippen LogP contribution in [0.3, 0.4) is 0 Å². The van der Waals surface area contributed by atoms with Gasteiger partial charge in [-0.1, -0.05) is 36.4 Å². The molecule has 0 heterocycles. The molecule has 0 spiro atoms. The van der Waals surface area contributed by atoms with Gasteiger partial charge in [0.05, 0.1) is 4.90 Å². The van der Waals surface area contributed by atoms with Crippen molar-refractivity contribution in [2.75, 3.05) is 0 Å². The second-order valence-electron chi connectivity index (χ2n) is 8.06. The van der Waals surface area contributed by atoms with Crippen LogP contribution in [-0.2, 0) is 15.0 Å². The van der Waals surface area contributed by atoms with Gasteiger partial charge in [0.15, 0.2) is 0 Å². The molecule has 0 aromatic heterocycles. The Labute approximate surface area is 221 Å². The summed E-state index contributed by atoms with van der Waals surface area (Å²) in [6.07, 6.45) is -7.82. The lowest BCUT2D eigenvalue weighted by molar-refractivity contribution is -0.462. The summed E-state index contributed by atoms with van der Waals surface area (Å²) in [5.41, 5.74) is -2.72. The van der Waals surface area contributed by atoms with Crippen molar-refractivity contribution in [3.63, 3.8) is 0 Å². The van der Waals surface area contributed by atoms with E-state index in [0.717, 1.165) is 24.3 Å². The summed E-state index contributed by atoms with van der Waals surface area (Å²) >= 11 is 0. The Morgan fingerprint density at radius 1 is 0.439 bits per heavy atom. The van der Waals surface area contributed by atoms with E-state index in [4.69, 9.17) is 10.7 Å². The highest BCUT2D eigenvalue weighted by Crippen LogP contribution is 2.65. The van der Waals surface area contributed by atoms with Crippen LogP contribution in [0.5, 0.6) is 0 Å². The minimum Gasteiger partial charge on any atom is -0.207 e. The van der Waals surface area contributed by atoms with Crippen molar-refractivity contribution >= 4 is 19.7 Å². The monoisotopic (exact) mass is 670 g/mol. The molecule has 2 nitrogen and oxygen atoms in total. The molecule has 2 aromatic carbocycles. The quantitative estimate of drug-likeness (QED) is 0.198. The van der Waals surface area contributed by atoms with Gasteiger partial charge in [-0.2, -0.15) is 74.6 Å². The van der Waals surface area contributed by atoms with Crippen molar-refractivity contribution in [1.82, 2.24) is 0 Å². The molecule has 0 aliphatic heterocycles. The topological polar surface area (TPSA) is 34.1 Å². The van der Waals surface area contributed by atoms with E-state index in [1.54, 1.807) is 0 Å². The van der Waals surface area contributed by atoms with E-state index in [9.17, 15) is 83.1 Å². The van der Waals surface area contributed by atoms with E-state index >= 15 is 0 Å². The third-order valence-corrected chi connectivity index (χ3v) is 6.81. The van der Waals surface area contributed by atoms with Crippen LogP contribution in [0.1, 0.15) is 5.56 Å². The normalized spacial score (nSPS) is 15.3. The molecule has 0 bridgehead atoms. The molecular formula is C20H8ClF17O2S. The van der Waals surface area contributed by atoms with E-state index in [2.05, 4.69) is 0 Å². The van der Waals surface area contributed by atoms with E-state index in [-0.39, 0.29) is 23.3 Å². The largest absolute Gasteiger partial charge is 0.460 e. The van der Waals surface area contributed by atoms with Gasteiger partial charge >= 0.3 is 47.6 Å². The molecule has 0 saturated heterocycles. The summed E-state index contributed by atoms with van der Waals surface area (Å²) in [6, 6.07) is 4.11. The van der Waals surface area contributed by atoms with Gasteiger partial charge in [0, 0.05) is 16.2 Å². The number of rotatable bonds is 9. The summed E-state index contributed by atoms with van der Waals surface area (Å²) in [5, 5.41) is 0. The molecule has 0 atom stereocenters. The molecule has 41 heavy (non-hydrogen) atoms. The highest BCUT2D eigenvalue weighted by Gasteiger charge is 2.95. The van der Waals surface area contributed by atoms with Crippen molar-refractivity contribution in [3.05, 3.63) is 54.1 Å². The first-order chi connectivity index (χ1) is 17.9. The van der Waals surface area contributed by atoms with Gasteiger partial charge in [0.2, 0.25) is 0 Å². The van der Waals surface area contributed by atoms with Crippen LogP contribution in [-0.4, -0.2) is 50.1 Å². The van der Waals surface area contributed by atoms with Crippen LogP contribution < -0.4 is 0 Å². The first-order valence-electron chi connectivity index (χ1n) is 9.80. The van der Waals surface area contributed by atoms with Gasteiger partial charge < -0.3 is 0 Å². The molecule has 0 aliphatic carbocycles. The number of benzene rings is 2. The Bertz CT molecular complexity index is 1370. The number of halogens is 18. The summed E-state index contributed by atoms with van der Waals surface area (Å²) in [4.78, 5) is -0.482. The average Bonchev–Trinajstić information content (AvgIpc) is 2.82. The maximum atomic E-state index is 14.4. The fourth-order valence-corrected chi connectivity index (χ4v) is 3.80. The Kier molecular flexibility index (Phi) is 8.26. The molecule has 2 aromatic rings. The summed E-state index contributed by atoms with van der Waals surface area (Å²) in [7, 11) is 0.816. The molecule has 0 N–H and O–H groups in total. The van der Waals surface area contributed by atoms with Crippen LogP contribution in [0.25, 0.3) is 11.1 Å². The van der Waals surface area contributed by atoms with Crippen LogP contribution in [0, 0.1) is 0 Å². The second-order valence-corrected chi connectivity index (χ2v) is 10.6. The van der Waals surface area contributed by atoms with Gasteiger partial charge in [-0.05, 0) is 23.3 Å². The fourth-order valence-electron chi connectivity index (χ4n) is 3.03. The first-order valence-corrected chi connectivity index (χ1v) is 12.1. The molecular weight excluding hydrogens is 663 g/mol. The minimum atomic E-state index is -8.70. The van der Waals surface area contributed by atoms with E-state index in [1.807, 2.05) is 0 Å². The molecule has 2 rings (SSSR count). The fraction of sp³-hybridized carbons (Fsp3) is 0.400. The number of alkyl halides is 17. The predicted molar refractivity (Wildman–Crippen MR) is 105 cm³/mol. The van der Waals surface area contributed by atoms with E-state index < -0.39 is 67.1 Å². The number of hydrogen-bond donors (Lipinski definition) is 0. The highest BCUT2D eigenvalue weighted by atomic mass is 35.7. The Morgan fingerprint density at radius 3 is 1.05 bits per heavy atom. The molecule has 21 heteroatoms. The first kappa shape index (κ1) is 34.7. The van der Waals surface area contributed by atoms with Gasteiger partial charge in [-0.3, -0.25) is 0 Å². The van der Waals surface area contributed by atoms with Gasteiger partial charge in [0.25, 0.3) is 9.05 Å². The summed E-state index contributed by atoms with van der Waals surface area (Å²) in [6.45, 7) is 0. The maximum Gasteiger partial charge on any atom is 0.460 e. The summed E-state index contributed by atoms with van der Waals surface area (Å²) in [5.74, 6) is -57.1. The van der Waals surface area contributed by atoms with Crippen molar-refractivity contribution in [3.8, 4) is 11.1 Å². The van der Waals surface area contributed by atoms with Gasteiger partial charge in [-0.15, -0.1) is 0 Å². The molecule has 232 valence electrons. The van der Waals surface area contributed by atoms with Crippen molar-refractivity contribution in [2.24, 2.45) is 0 Å². The lowest BCUT2D eigenvalue weighted by Crippen LogP contribution is -2.74. The zero-order valence-corrected chi connectivity index (χ0v) is 20.2. The third kappa shape index (κ3) is 5.07. The molecule has 0 radical (unpaired) electrons. The highest BCUT2D eigenvalue weighted by molar-refractivity contribution is 8.13. The predicted octanol–water partition coefficient (Wildman–Crippen LogP) is 8.75. The third-order valence-electron chi connectivity index (χ3n) is 5.44. The molecule has 0 aliphatic rings. The minimum absolute atomic E-state index is 0.0833. The molecule has 0 saturated carbocycles. The standard InChI is InChI=1S/C20H8ClF17O2S/c21-41(39,40)12-7-3-10(4-8-12)9-1-5-11(6-2-9)13(22,23)14(24,25)15(26,27)16(28,29)17(30,31)18(32,33)19(34,35)20(36,37)38/h1-8H. The summed E-state index contributed by atoms with van der Waals surface area (Å²) < 4.78 is 251. The van der Waals surface area contributed by atoms with Crippen LogP contribution in [0.2, 0.25) is 0 Å². The zero-order chi connectivity index (χ0) is 32.5. The Balaban J connectivity index is 2.56. The van der Waals surface area contributed by atoms with Crippen LogP contribution >= 0.6 is 10.7 Å². The van der Waals surface area contributed by atoms with Gasteiger partial charge in [-0.25, -0.2) is 8.42 Å². The van der Waals surface area contributed by atoms with Crippen LogP contribution in [0.15, 0.2) is 53.4 Å². The average molecular weight is 671 g/mol. The van der Waals surface area contributed by atoms with Crippen molar-refractivity contribution in [1.29, 1.82) is 0 Å².